The van der Waals surface area contributed by atoms with E-state index in [1.807, 2.05) is 0 Å². The lowest BCUT2D eigenvalue weighted by Crippen LogP contribution is -2.27. The highest BCUT2D eigenvalue weighted by Crippen LogP contribution is 2.30. The molecule has 7 rings (SSSR count). The minimum atomic E-state index is -2.49. The zero-order chi connectivity index (χ0) is 32.4. The average Bonchev–Trinajstić information content (AvgIpc) is 3.38. The molecule has 6 nitrogen and oxygen atoms in total. The molecule has 0 fully saturated rings. The normalized spacial score (nSPS) is 12.0. The summed E-state index contributed by atoms with van der Waals surface area (Å²) in [6.07, 6.45) is 0. The van der Waals surface area contributed by atoms with Crippen LogP contribution in [0.5, 0.6) is 0 Å². The Kier molecular flexibility index (Phi) is 5.70. The van der Waals surface area contributed by atoms with Gasteiger partial charge in [0.15, 0.2) is 46.5 Å². The molecule has 2 heterocycles. The molecule has 0 atom stereocenters. The lowest BCUT2D eigenvalue weighted by molar-refractivity contribution is 0.375. The maximum Gasteiger partial charge on any atom is 0.266 e. The van der Waals surface area contributed by atoms with Gasteiger partial charge in [0.2, 0.25) is 5.82 Å². The number of nitrogens with zero attached hydrogens (tertiary/aromatic N) is 2. The van der Waals surface area contributed by atoms with Crippen LogP contribution in [0.1, 0.15) is 0 Å². The minimum Gasteiger partial charge on any atom is -0.268 e. The summed E-state index contributed by atoms with van der Waals surface area (Å²) in [5.74, 6) is -19.7. The van der Waals surface area contributed by atoms with Crippen molar-refractivity contribution in [2.75, 3.05) is 0 Å². The van der Waals surface area contributed by atoms with E-state index in [2.05, 4.69) is 0 Å². The third-order valence-electron chi connectivity index (χ3n) is 7.52. The van der Waals surface area contributed by atoms with Gasteiger partial charge in [0.05, 0.1) is 21.5 Å². The fraction of sp³-hybridized carbons (Fsp3) is 0. The van der Waals surface area contributed by atoms with Crippen molar-refractivity contribution in [3.63, 3.8) is 0 Å². The van der Waals surface area contributed by atoms with Gasteiger partial charge in [-0.3, -0.25) is 19.2 Å². The van der Waals surface area contributed by atoms with Crippen molar-refractivity contribution in [2.45, 2.75) is 0 Å². The van der Waals surface area contributed by atoms with Gasteiger partial charge in [0, 0.05) is 6.07 Å². The van der Waals surface area contributed by atoms with Crippen molar-refractivity contribution in [1.29, 1.82) is 0 Å². The zero-order valence-electron chi connectivity index (χ0n) is 21.5. The van der Waals surface area contributed by atoms with Gasteiger partial charge in [-0.2, -0.15) is 0 Å². The minimum absolute atomic E-state index is 0.0556. The highest BCUT2D eigenvalue weighted by molar-refractivity contribution is 6.08. The van der Waals surface area contributed by atoms with E-state index < -0.39 is 108 Å². The molecule has 0 aliphatic rings. The maximum atomic E-state index is 14.5. The van der Waals surface area contributed by atoms with Crippen LogP contribution in [0.3, 0.4) is 0 Å². The first-order valence-electron chi connectivity index (χ1n) is 12.4. The van der Waals surface area contributed by atoms with Crippen LogP contribution in [0, 0.1) is 52.4 Å². The van der Waals surface area contributed by atoms with Crippen LogP contribution in [0.15, 0.2) is 61.6 Å². The second-order valence-electron chi connectivity index (χ2n) is 9.97. The second kappa shape index (κ2) is 9.14. The van der Waals surface area contributed by atoms with Gasteiger partial charge in [-0.15, -0.1) is 0 Å². The Hall–Kier alpha value is -5.73. The van der Waals surface area contributed by atoms with E-state index in [1.165, 1.54) is 12.1 Å². The van der Waals surface area contributed by atoms with Crippen molar-refractivity contribution >= 4 is 43.1 Å². The lowest BCUT2D eigenvalue weighted by Gasteiger charge is -2.07. The Bertz CT molecular complexity index is 2570. The molecule has 0 saturated heterocycles. The fourth-order valence-corrected chi connectivity index (χ4v) is 5.43. The third kappa shape index (κ3) is 3.60. The highest BCUT2D eigenvalue weighted by atomic mass is 19.2. The second-order valence-corrected chi connectivity index (χ2v) is 9.97. The Labute approximate surface area is 239 Å². The summed E-state index contributed by atoms with van der Waals surface area (Å²) >= 11 is 0. The van der Waals surface area contributed by atoms with Crippen LogP contribution in [0.25, 0.3) is 54.5 Å². The summed E-state index contributed by atoms with van der Waals surface area (Å²) in [4.78, 5) is 52.3. The number of fused-ring (bicyclic) bond motifs is 4. The quantitative estimate of drug-likeness (QED) is 0.110. The maximum absolute atomic E-state index is 14.5. The molecular weight excluding hydrogens is 623 g/mol. The van der Waals surface area contributed by atoms with Crippen LogP contribution >= 0.6 is 0 Å². The first-order valence-corrected chi connectivity index (χ1v) is 12.4. The largest absolute Gasteiger partial charge is 0.268 e. The van der Waals surface area contributed by atoms with Gasteiger partial charge >= 0.3 is 0 Å². The number of benzene rings is 5. The summed E-state index contributed by atoms with van der Waals surface area (Å²) in [6.45, 7) is 0. The molecule has 15 heteroatoms. The average molecular weight is 630 g/mol. The first-order chi connectivity index (χ1) is 21.2. The Balaban J connectivity index is 1.50. The van der Waals surface area contributed by atoms with Gasteiger partial charge in [0.1, 0.15) is 11.4 Å². The van der Waals surface area contributed by atoms with E-state index in [-0.39, 0.29) is 36.7 Å². The molecule has 0 spiro atoms. The summed E-state index contributed by atoms with van der Waals surface area (Å²) < 4.78 is 127. The van der Waals surface area contributed by atoms with E-state index in [4.69, 9.17) is 0 Å². The van der Waals surface area contributed by atoms with Crippen molar-refractivity contribution in [3.05, 3.63) is 136 Å². The summed E-state index contributed by atoms with van der Waals surface area (Å²) in [5, 5.41) is -1.03. The van der Waals surface area contributed by atoms with Gasteiger partial charge in [-0.1, -0.05) is 0 Å². The standard InChI is InChI=1S/C30H7F9N2O4/c31-16-7-17(32)19(34)25(18(16)33)40-27(42)12-3-8-1-10-5-14-15(6-11(10)2-9(8)4-13(12)28(40)43)30(45)41(29(14)44)26-23(38)21(36)20(35)22(37)24(26)39/h1-7H. The van der Waals surface area contributed by atoms with Crippen molar-refractivity contribution in [2.24, 2.45) is 0 Å². The van der Waals surface area contributed by atoms with E-state index in [1.54, 1.807) is 0 Å². The molecule has 7 aromatic rings. The monoisotopic (exact) mass is 630 g/mol. The van der Waals surface area contributed by atoms with Crippen LogP contribution < -0.4 is 22.2 Å². The van der Waals surface area contributed by atoms with Crippen molar-refractivity contribution in [3.8, 4) is 11.4 Å². The molecule has 0 saturated carbocycles. The Morgan fingerprint density at radius 2 is 0.600 bits per heavy atom. The zero-order valence-corrected chi connectivity index (χ0v) is 21.5. The van der Waals surface area contributed by atoms with Crippen LogP contribution in [-0.4, -0.2) is 9.13 Å². The third-order valence-corrected chi connectivity index (χ3v) is 7.52. The van der Waals surface area contributed by atoms with E-state index in [9.17, 15) is 58.7 Å². The Morgan fingerprint density at radius 1 is 0.333 bits per heavy atom. The number of halogens is 9. The molecule has 0 radical (unpaired) electrons. The summed E-state index contributed by atoms with van der Waals surface area (Å²) in [5.41, 5.74) is -8.76. The number of aromatic nitrogens is 2. The van der Waals surface area contributed by atoms with Crippen LogP contribution in [0.4, 0.5) is 39.5 Å². The fourth-order valence-electron chi connectivity index (χ4n) is 5.43. The molecular formula is C30H7F9N2O4. The summed E-state index contributed by atoms with van der Waals surface area (Å²) in [7, 11) is 0. The number of hydrogen-bond acceptors (Lipinski definition) is 4. The van der Waals surface area contributed by atoms with Crippen LogP contribution in [0.2, 0.25) is 0 Å². The Morgan fingerprint density at radius 3 is 0.911 bits per heavy atom. The molecule has 0 unspecified atom stereocenters. The smallest absolute Gasteiger partial charge is 0.266 e. The number of rotatable bonds is 2. The van der Waals surface area contributed by atoms with Gasteiger partial charge < -0.3 is 0 Å². The lowest BCUT2D eigenvalue weighted by atomic mass is 10.00. The van der Waals surface area contributed by atoms with E-state index in [0.717, 1.165) is 24.3 Å². The van der Waals surface area contributed by atoms with Gasteiger partial charge in [-0.05, 0) is 57.9 Å². The van der Waals surface area contributed by atoms with Crippen molar-refractivity contribution < 1.29 is 39.5 Å². The topological polar surface area (TPSA) is 78.1 Å². The summed E-state index contributed by atoms with van der Waals surface area (Å²) in [6, 6.07) is 7.00. The predicted octanol–water partition coefficient (Wildman–Crippen LogP) is 5.45. The molecule has 5 aromatic carbocycles. The predicted molar refractivity (Wildman–Crippen MR) is 142 cm³/mol. The molecule has 0 aliphatic carbocycles. The van der Waals surface area contributed by atoms with Crippen LogP contribution in [-0.2, 0) is 0 Å². The van der Waals surface area contributed by atoms with Gasteiger partial charge in [0.25, 0.3) is 22.2 Å². The highest BCUT2D eigenvalue weighted by Gasteiger charge is 2.30. The van der Waals surface area contributed by atoms with E-state index >= 15 is 0 Å². The molecule has 0 bridgehead atoms. The molecule has 0 amide bonds. The molecule has 45 heavy (non-hydrogen) atoms. The molecule has 0 N–H and O–H groups in total. The van der Waals surface area contributed by atoms with Crippen molar-refractivity contribution in [1.82, 2.24) is 9.13 Å². The van der Waals surface area contributed by atoms with E-state index in [0.29, 0.717) is 0 Å². The van der Waals surface area contributed by atoms with Gasteiger partial charge in [-0.25, -0.2) is 48.6 Å². The molecule has 224 valence electrons. The SMILES string of the molecule is O=c1c2cc3cc4cc5c(=O)n(-c6c(F)c(F)c(F)c(F)c6F)c(=O)c5cc4cc3cc2c(=O)n1-c1c(F)c(F)cc(F)c1F. The molecule has 2 aromatic heterocycles. The number of hydrogen-bond donors (Lipinski definition) is 0. The molecule has 0 aliphatic heterocycles. The first kappa shape index (κ1) is 28.1.